The van der Waals surface area contributed by atoms with E-state index in [0.29, 0.717) is 23.5 Å². The van der Waals surface area contributed by atoms with Crippen LogP contribution in [-0.2, 0) is 14.8 Å². The molecule has 1 fully saturated rings. The van der Waals surface area contributed by atoms with Crippen molar-refractivity contribution < 1.29 is 18.1 Å². The summed E-state index contributed by atoms with van der Waals surface area (Å²) in [5.41, 5.74) is 1.72. The molecule has 10 heteroatoms. The Morgan fingerprint density at radius 2 is 1.68 bits per heavy atom. The fraction of sp³-hybridized carbons (Fsp3) is 0.381. The van der Waals surface area contributed by atoms with Gasteiger partial charge >= 0.3 is 0 Å². The Morgan fingerprint density at radius 1 is 1.06 bits per heavy atom. The van der Waals surface area contributed by atoms with Crippen LogP contribution in [0.15, 0.2) is 52.3 Å². The van der Waals surface area contributed by atoms with Crippen LogP contribution >= 0.6 is 11.8 Å². The average molecular weight is 464 g/mol. The minimum Gasteiger partial charge on any atom is -0.339 e. The molecule has 0 radical (unpaired) electrons. The molecule has 0 aromatic heterocycles. The van der Waals surface area contributed by atoms with Gasteiger partial charge in [0.2, 0.25) is 15.9 Å². The van der Waals surface area contributed by atoms with Crippen molar-refractivity contribution in [3.05, 3.63) is 63.7 Å². The van der Waals surface area contributed by atoms with Crippen LogP contribution in [0.3, 0.4) is 0 Å². The number of benzene rings is 2. The van der Waals surface area contributed by atoms with E-state index in [-0.39, 0.29) is 29.9 Å². The molecule has 1 amide bonds. The zero-order chi connectivity index (χ0) is 22.8. The third-order valence-corrected chi connectivity index (χ3v) is 8.37. The first kappa shape index (κ1) is 23.2. The predicted molar refractivity (Wildman–Crippen MR) is 120 cm³/mol. The molecule has 1 atom stereocenters. The lowest BCUT2D eigenvalue weighted by atomic mass is 10.2. The van der Waals surface area contributed by atoms with Gasteiger partial charge in [0.1, 0.15) is 0 Å². The van der Waals surface area contributed by atoms with Crippen molar-refractivity contribution >= 4 is 33.4 Å². The molecule has 0 aliphatic carbocycles. The normalized spacial score (nSPS) is 16.2. The molecule has 0 saturated carbocycles. The topological polar surface area (TPSA) is 101 Å². The maximum absolute atomic E-state index is 13.0. The van der Waals surface area contributed by atoms with Gasteiger partial charge in [-0.25, -0.2) is 8.42 Å². The fourth-order valence-electron chi connectivity index (χ4n) is 3.53. The number of hydrogen-bond donors (Lipinski definition) is 0. The third-order valence-electron chi connectivity index (χ3n) is 5.21. The number of rotatable bonds is 6. The van der Waals surface area contributed by atoms with Gasteiger partial charge in [-0.1, -0.05) is 17.7 Å². The summed E-state index contributed by atoms with van der Waals surface area (Å²) in [7, 11) is -3.60. The van der Waals surface area contributed by atoms with E-state index < -0.39 is 14.9 Å². The van der Waals surface area contributed by atoms with Crippen LogP contribution in [0, 0.1) is 24.0 Å². The summed E-state index contributed by atoms with van der Waals surface area (Å²) in [4.78, 5) is 25.9. The number of amides is 1. The predicted octanol–water partition coefficient (Wildman–Crippen LogP) is 3.23. The third kappa shape index (κ3) is 5.25. The number of sulfonamides is 1. The number of aryl methyl sites for hydroxylation is 2. The van der Waals surface area contributed by atoms with E-state index >= 15 is 0 Å². The van der Waals surface area contributed by atoms with E-state index in [1.807, 2.05) is 13.0 Å². The largest absolute Gasteiger partial charge is 0.339 e. The van der Waals surface area contributed by atoms with E-state index in [2.05, 4.69) is 0 Å². The number of carbonyl (C=O) groups excluding carboxylic acids is 1. The summed E-state index contributed by atoms with van der Waals surface area (Å²) >= 11 is 1.33. The minimum absolute atomic E-state index is 0.00414. The molecule has 1 aliphatic heterocycles. The molecule has 166 valence electrons. The first-order valence-electron chi connectivity index (χ1n) is 9.87. The van der Waals surface area contributed by atoms with Gasteiger partial charge in [-0.15, -0.1) is 11.8 Å². The number of hydrogen-bond acceptors (Lipinski definition) is 6. The second-order valence-electron chi connectivity index (χ2n) is 7.51. The second-order valence-corrected chi connectivity index (χ2v) is 10.8. The van der Waals surface area contributed by atoms with E-state index in [9.17, 15) is 23.3 Å². The highest BCUT2D eigenvalue weighted by Crippen LogP contribution is 2.27. The van der Waals surface area contributed by atoms with Crippen molar-refractivity contribution in [2.24, 2.45) is 0 Å². The summed E-state index contributed by atoms with van der Waals surface area (Å²) < 4.78 is 27.5. The van der Waals surface area contributed by atoms with Gasteiger partial charge in [0.25, 0.3) is 5.69 Å². The zero-order valence-corrected chi connectivity index (χ0v) is 19.3. The molecule has 3 rings (SSSR count). The number of piperazine rings is 1. The summed E-state index contributed by atoms with van der Waals surface area (Å²) in [5, 5.41) is 10.4. The van der Waals surface area contributed by atoms with Crippen molar-refractivity contribution in [2.45, 2.75) is 35.8 Å². The molecule has 0 N–H and O–H groups in total. The van der Waals surface area contributed by atoms with E-state index in [1.54, 1.807) is 43.0 Å². The Balaban J connectivity index is 1.60. The lowest BCUT2D eigenvalue weighted by Crippen LogP contribution is -2.52. The summed E-state index contributed by atoms with van der Waals surface area (Å²) in [6, 6.07) is 11.4. The molecule has 0 spiro atoms. The van der Waals surface area contributed by atoms with Crippen LogP contribution < -0.4 is 0 Å². The molecule has 1 saturated heterocycles. The zero-order valence-electron chi connectivity index (χ0n) is 17.6. The quantitative estimate of drug-likeness (QED) is 0.370. The highest BCUT2D eigenvalue weighted by atomic mass is 32.2. The van der Waals surface area contributed by atoms with Crippen molar-refractivity contribution in [3.8, 4) is 0 Å². The number of non-ortho nitro benzene ring substituents is 1. The van der Waals surface area contributed by atoms with Gasteiger partial charge in [0, 0.05) is 43.2 Å². The molecular weight excluding hydrogens is 438 g/mol. The number of thioether (sulfide) groups is 1. The maximum Gasteiger partial charge on any atom is 0.269 e. The number of carbonyl (C=O) groups is 1. The average Bonchev–Trinajstić information content (AvgIpc) is 2.73. The Morgan fingerprint density at radius 3 is 2.23 bits per heavy atom. The monoisotopic (exact) mass is 463 g/mol. The maximum atomic E-state index is 13.0. The SMILES string of the molecule is Cc1ccc(S(=O)(=O)N2CCN(C(=O)C(C)Sc3ccc([N+](=O)[O-])cc3)CC2)c(C)c1. The first-order chi connectivity index (χ1) is 14.6. The van der Waals surface area contributed by atoms with Crippen LogP contribution in [-0.4, -0.2) is 59.9 Å². The highest BCUT2D eigenvalue weighted by molar-refractivity contribution is 8.00. The molecule has 2 aromatic rings. The minimum atomic E-state index is -3.60. The molecule has 1 unspecified atom stereocenters. The highest BCUT2D eigenvalue weighted by Gasteiger charge is 2.32. The van der Waals surface area contributed by atoms with E-state index in [1.165, 1.54) is 28.2 Å². The molecule has 8 nitrogen and oxygen atoms in total. The van der Waals surface area contributed by atoms with Gasteiger partial charge in [0.15, 0.2) is 0 Å². The standard InChI is InChI=1S/C21H25N3O5S2/c1-15-4-9-20(16(2)14-15)31(28,29)23-12-10-22(11-13-23)21(25)17(3)30-19-7-5-18(6-8-19)24(26)27/h4-9,14,17H,10-13H2,1-3H3. The lowest BCUT2D eigenvalue weighted by molar-refractivity contribution is -0.384. The van der Waals surface area contributed by atoms with Crippen LogP contribution in [0.1, 0.15) is 18.1 Å². The number of nitro benzene ring substituents is 1. The fourth-order valence-corrected chi connectivity index (χ4v) is 6.11. The summed E-state index contributed by atoms with van der Waals surface area (Å²) in [6.07, 6.45) is 0. The summed E-state index contributed by atoms with van der Waals surface area (Å²) in [6.45, 7) is 6.64. The smallest absolute Gasteiger partial charge is 0.269 e. The van der Waals surface area contributed by atoms with Crippen molar-refractivity contribution in [1.29, 1.82) is 0 Å². The van der Waals surface area contributed by atoms with Crippen LogP contribution in [0.4, 0.5) is 5.69 Å². The number of nitrogens with zero attached hydrogens (tertiary/aromatic N) is 3. The Bertz CT molecular complexity index is 1080. The molecular formula is C21H25N3O5S2. The Hall–Kier alpha value is -2.43. The first-order valence-corrected chi connectivity index (χ1v) is 12.2. The second kappa shape index (κ2) is 9.37. The lowest BCUT2D eigenvalue weighted by Gasteiger charge is -2.35. The summed E-state index contributed by atoms with van der Waals surface area (Å²) in [5.74, 6) is -0.0769. The molecule has 0 bridgehead atoms. The van der Waals surface area contributed by atoms with Gasteiger partial charge in [-0.2, -0.15) is 4.31 Å². The molecule has 31 heavy (non-hydrogen) atoms. The molecule has 1 aliphatic rings. The van der Waals surface area contributed by atoms with E-state index in [0.717, 1.165) is 10.5 Å². The Labute approximate surface area is 186 Å². The van der Waals surface area contributed by atoms with Crippen molar-refractivity contribution in [3.63, 3.8) is 0 Å². The Kier molecular flexibility index (Phi) is 7.03. The number of nitro groups is 1. The molecule has 1 heterocycles. The van der Waals surface area contributed by atoms with Crippen LogP contribution in [0.25, 0.3) is 0 Å². The van der Waals surface area contributed by atoms with Gasteiger partial charge < -0.3 is 4.90 Å². The van der Waals surface area contributed by atoms with Crippen LogP contribution in [0.2, 0.25) is 0 Å². The van der Waals surface area contributed by atoms with Crippen LogP contribution in [0.5, 0.6) is 0 Å². The van der Waals surface area contributed by atoms with Gasteiger partial charge in [-0.05, 0) is 44.5 Å². The van der Waals surface area contributed by atoms with Crippen molar-refractivity contribution in [1.82, 2.24) is 9.21 Å². The molecule has 2 aromatic carbocycles. The van der Waals surface area contributed by atoms with E-state index in [4.69, 9.17) is 0 Å². The van der Waals surface area contributed by atoms with Gasteiger partial charge in [-0.3, -0.25) is 14.9 Å². The van der Waals surface area contributed by atoms with Crippen molar-refractivity contribution in [2.75, 3.05) is 26.2 Å². The van der Waals surface area contributed by atoms with Gasteiger partial charge in [0.05, 0.1) is 15.1 Å².